The van der Waals surface area contributed by atoms with Crippen LogP contribution in [0.2, 0.25) is 5.15 Å². The Bertz CT molecular complexity index is 720. The number of hydrogen-bond acceptors (Lipinski definition) is 3. The highest BCUT2D eigenvalue weighted by Gasteiger charge is 2.21. The van der Waals surface area contributed by atoms with Gasteiger partial charge in [0.15, 0.2) is 10.9 Å². The third kappa shape index (κ3) is 5.63. The van der Waals surface area contributed by atoms with Crippen molar-refractivity contribution in [2.24, 2.45) is 11.3 Å². The maximum atomic E-state index is 12.8. The summed E-state index contributed by atoms with van der Waals surface area (Å²) in [7, 11) is 0. The van der Waals surface area contributed by atoms with Gasteiger partial charge < -0.3 is 4.74 Å². The van der Waals surface area contributed by atoms with Gasteiger partial charge in [-0.1, -0.05) is 39.3 Å². The van der Waals surface area contributed by atoms with Crippen LogP contribution in [0.4, 0.5) is 8.78 Å². The lowest BCUT2D eigenvalue weighted by Gasteiger charge is -2.26. The van der Waals surface area contributed by atoms with Crippen LogP contribution in [0.15, 0.2) is 30.5 Å². The van der Waals surface area contributed by atoms with Crippen molar-refractivity contribution >= 4 is 11.6 Å². The fourth-order valence-electron chi connectivity index (χ4n) is 2.85. The summed E-state index contributed by atoms with van der Waals surface area (Å²) in [6, 6.07) is 6.37. The molecule has 0 spiro atoms. The van der Waals surface area contributed by atoms with Crippen LogP contribution in [0.25, 0.3) is 11.3 Å². The molecule has 136 valence electrons. The SMILES string of the molecule is CC(C)CC(C)(C)COc1ccc(-c2ccnc(C(F)F)c2)nc1Cl. The predicted octanol–water partition coefficient (Wildman–Crippen LogP) is 6.19. The van der Waals surface area contributed by atoms with Crippen molar-refractivity contribution in [2.45, 2.75) is 40.5 Å². The molecule has 0 saturated carbocycles. The van der Waals surface area contributed by atoms with Gasteiger partial charge in [-0.2, -0.15) is 0 Å². The molecule has 0 saturated heterocycles. The fraction of sp³-hybridized carbons (Fsp3) is 0.474. The lowest BCUT2D eigenvalue weighted by molar-refractivity contribution is 0.146. The average Bonchev–Trinajstić information content (AvgIpc) is 2.52. The van der Waals surface area contributed by atoms with Gasteiger partial charge in [0.05, 0.1) is 12.3 Å². The number of ether oxygens (including phenoxy) is 1. The molecule has 0 radical (unpaired) electrons. The molecule has 6 heteroatoms. The van der Waals surface area contributed by atoms with Crippen molar-refractivity contribution in [3.05, 3.63) is 41.3 Å². The maximum Gasteiger partial charge on any atom is 0.280 e. The van der Waals surface area contributed by atoms with Gasteiger partial charge in [0.2, 0.25) is 0 Å². The minimum atomic E-state index is -2.62. The van der Waals surface area contributed by atoms with E-state index in [9.17, 15) is 8.78 Å². The summed E-state index contributed by atoms with van der Waals surface area (Å²) in [5.74, 6) is 1.07. The number of halogens is 3. The molecule has 0 amide bonds. The Balaban J connectivity index is 2.14. The van der Waals surface area contributed by atoms with Crippen molar-refractivity contribution in [1.29, 1.82) is 0 Å². The number of hydrogen-bond donors (Lipinski definition) is 0. The topological polar surface area (TPSA) is 35.0 Å². The van der Waals surface area contributed by atoms with Crippen molar-refractivity contribution < 1.29 is 13.5 Å². The summed E-state index contributed by atoms with van der Waals surface area (Å²) in [6.45, 7) is 9.16. The van der Waals surface area contributed by atoms with Gasteiger partial charge in [-0.15, -0.1) is 0 Å². The molecular formula is C19H23ClF2N2O. The summed E-state index contributed by atoms with van der Waals surface area (Å²) in [4.78, 5) is 7.92. The third-order valence-electron chi connectivity index (χ3n) is 3.69. The molecule has 0 aliphatic rings. The smallest absolute Gasteiger partial charge is 0.280 e. The Kier molecular flexibility index (Phi) is 6.33. The van der Waals surface area contributed by atoms with E-state index in [0.29, 0.717) is 29.5 Å². The van der Waals surface area contributed by atoms with Gasteiger partial charge in [-0.3, -0.25) is 4.98 Å². The minimum Gasteiger partial charge on any atom is -0.490 e. The molecule has 0 N–H and O–H groups in total. The third-order valence-corrected chi connectivity index (χ3v) is 3.96. The van der Waals surface area contributed by atoms with E-state index in [0.717, 1.165) is 6.42 Å². The first-order valence-electron chi connectivity index (χ1n) is 8.22. The molecule has 0 fully saturated rings. The molecule has 0 bridgehead atoms. The van der Waals surface area contributed by atoms with E-state index in [2.05, 4.69) is 37.7 Å². The molecule has 0 aromatic carbocycles. The van der Waals surface area contributed by atoms with Crippen molar-refractivity contribution in [2.75, 3.05) is 6.61 Å². The van der Waals surface area contributed by atoms with Crippen LogP contribution in [0.5, 0.6) is 5.75 Å². The lowest BCUT2D eigenvalue weighted by atomic mass is 9.85. The first-order chi connectivity index (χ1) is 11.7. The van der Waals surface area contributed by atoms with Crippen LogP contribution >= 0.6 is 11.6 Å². The molecule has 2 aromatic rings. The van der Waals surface area contributed by atoms with Crippen LogP contribution in [-0.2, 0) is 0 Å². The minimum absolute atomic E-state index is 0.0213. The zero-order valence-electron chi connectivity index (χ0n) is 14.9. The van der Waals surface area contributed by atoms with Gasteiger partial charge in [0.1, 0.15) is 5.69 Å². The van der Waals surface area contributed by atoms with Crippen LogP contribution in [0, 0.1) is 11.3 Å². The zero-order valence-corrected chi connectivity index (χ0v) is 15.6. The summed E-state index contributed by atoms with van der Waals surface area (Å²) >= 11 is 6.22. The predicted molar refractivity (Wildman–Crippen MR) is 96.2 cm³/mol. The normalized spacial score (nSPS) is 12.0. The van der Waals surface area contributed by atoms with Crippen molar-refractivity contribution in [1.82, 2.24) is 9.97 Å². The van der Waals surface area contributed by atoms with Gasteiger partial charge in [-0.05, 0) is 42.0 Å². The summed E-state index contributed by atoms with van der Waals surface area (Å²) in [5, 5.41) is 0.216. The molecule has 3 nitrogen and oxygen atoms in total. The molecule has 25 heavy (non-hydrogen) atoms. The Labute approximate surface area is 152 Å². The molecule has 2 aromatic heterocycles. The van der Waals surface area contributed by atoms with Gasteiger partial charge in [0.25, 0.3) is 6.43 Å². The first-order valence-corrected chi connectivity index (χ1v) is 8.59. The maximum absolute atomic E-state index is 12.8. The largest absolute Gasteiger partial charge is 0.490 e. The standard InChI is InChI=1S/C19H23ClF2N2O/c1-12(2)10-19(3,4)11-25-16-6-5-14(24-17(16)20)13-7-8-23-15(9-13)18(21)22/h5-9,12,18H,10-11H2,1-4H3. The number of rotatable bonds is 7. The van der Waals surface area contributed by atoms with Gasteiger partial charge in [0, 0.05) is 11.8 Å². The van der Waals surface area contributed by atoms with E-state index in [4.69, 9.17) is 16.3 Å². The Morgan fingerprint density at radius 1 is 1.20 bits per heavy atom. The second-order valence-electron chi connectivity index (χ2n) is 7.31. The van der Waals surface area contributed by atoms with Crippen LogP contribution in [0.1, 0.15) is 46.2 Å². The highest BCUT2D eigenvalue weighted by atomic mass is 35.5. The number of nitrogens with zero attached hydrogens (tertiary/aromatic N) is 2. The molecular weight excluding hydrogens is 346 g/mol. The van der Waals surface area contributed by atoms with Gasteiger partial charge in [-0.25, -0.2) is 13.8 Å². The van der Waals surface area contributed by atoms with Crippen molar-refractivity contribution in [3.8, 4) is 17.0 Å². The summed E-state index contributed by atoms with van der Waals surface area (Å²) in [6.07, 6.45) is -0.254. The highest BCUT2D eigenvalue weighted by Crippen LogP contribution is 2.31. The first kappa shape index (κ1) is 19.6. The average molecular weight is 369 g/mol. The number of pyridine rings is 2. The molecule has 0 atom stereocenters. The van der Waals surface area contributed by atoms with E-state index < -0.39 is 6.43 Å². The molecule has 0 aliphatic heterocycles. The van der Waals surface area contributed by atoms with Gasteiger partial charge >= 0.3 is 0 Å². The van der Waals surface area contributed by atoms with E-state index in [-0.39, 0.29) is 16.3 Å². The van der Waals surface area contributed by atoms with Crippen LogP contribution in [-0.4, -0.2) is 16.6 Å². The Hall–Kier alpha value is -1.75. The summed E-state index contributed by atoms with van der Waals surface area (Å²) < 4.78 is 31.4. The monoisotopic (exact) mass is 368 g/mol. The van der Waals surface area contributed by atoms with Crippen LogP contribution in [0.3, 0.4) is 0 Å². The molecule has 0 unspecified atom stereocenters. The Morgan fingerprint density at radius 3 is 2.52 bits per heavy atom. The number of aromatic nitrogens is 2. The van der Waals surface area contributed by atoms with E-state index in [1.165, 1.54) is 12.3 Å². The molecule has 2 heterocycles. The van der Waals surface area contributed by atoms with E-state index in [1.54, 1.807) is 18.2 Å². The van der Waals surface area contributed by atoms with Crippen molar-refractivity contribution in [3.63, 3.8) is 0 Å². The quantitative estimate of drug-likeness (QED) is 0.547. The molecule has 0 aliphatic carbocycles. The fourth-order valence-corrected chi connectivity index (χ4v) is 3.06. The zero-order chi connectivity index (χ0) is 18.6. The van der Waals surface area contributed by atoms with Crippen LogP contribution < -0.4 is 4.74 Å². The number of alkyl halides is 2. The second kappa shape index (κ2) is 8.09. The lowest BCUT2D eigenvalue weighted by Crippen LogP contribution is -2.23. The van der Waals surface area contributed by atoms with E-state index in [1.807, 2.05) is 0 Å². The molecule has 2 rings (SSSR count). The Morgan fingerprint density at radius 2 is 1.92 bits per heavy atom. The van der Waals surface area contributed by atoms with E-state index >= 15 is 0 Å². The second-order valence-corrected chi connectivity index (χ2v) is 7.66. The highest BCUT2D eigenvalue weighted by molar-refractivity contribution is 6.30. The summed E-state index contributed by atoms with van der Waals surface area (Å²) in [5.41, 5.74) is 0.779.